The second-order valence-corrected chi connectivity index (χ2v) is 4.54. The second-order valence-electron chi connectivity index (χ2n) is 4.54. The molecule has 2 rings (SSSR count). The van der Waals surface area contributed by atoms with Crippen LogP contribution in [0.5, 0.6) is 5.75 Å². The van der Waals surface area contributed by atoms with Crippen molar-refractivity contribution in [2.45, 2.75) is 19.6 Å². The number of furan rings is 1. The average molecular weight is 307 g/mol. The Labute approximate surface area is 125 Å². The van der Waals surface area contributed by atoms with Gasteiger partial charge in [-0.3, -0.25) is 9.59 Å². The zero-order chi connectivity index (χ0) is 16.1. The molecule has 0 aliphatic rings. The molecule has 1 amide bonds. The van der Waals surface area contributed by atoms with Gasteiger partial charge in [-0.2, -0.15) is 0 Å². The van der Waals surface area contributed by atoms with Gasteiger partial charge in [-0.25, -0.2) is 4.39 Å². The molecule has 1 aromatic carbocycles. The van der Waals surface area contributed by atoms with Gasteiger partial charge in [0, 0.05) is 0 Å². The van der Waals surface area contributed by atoms with Crippen molar-refractivity contribution in [3.8, 4) is 5.75 Å². The first kappa shape index (κ1) is 15.6. The van der Waals surface area contributed by atoms with Gasteiger partial charge in [-0.15, -0.1) is 0 Å². The number of carbonyl (C=O) groups excluding carboxylic acids is 1. The molecular formula is C15H14FNO5. The maximum atomic E-state index is 12.7. The molecule has 0 radical (unpaired) electrons. The quantitative estimate of drug-likeness (QED) is 0.854. The number of amides is 1. The van der Waals surface area contributed by atoms with E-state index in [2.05, 4.69) is 5.32 Å². The summed E-state index contributed by atoms with van der Waals surface area (Å²) in [4.78, 5) is 22.4. The van der Waals surface area contributed by atoms with Crippen LogP contribution < -0.4 is 10.1 Å². The minimum absolute atomic E-state index is 0.00851. The zero-order valence-corrected chi connectivity index (χ0v) is 11.7. The Hall–Kier alpha value is -2.83. The summed E-state index contributed by atoms with van der Waals surface area (Å²) in [6.45, 7) is 1.41. The third-order valence-corrected chi connectivity index (χ3v) is 2.80. The molecule has 0 saturated heterocycles. The van der Waals surface area contributed by atoms with Crippen LogP contribution >= 0.6 is 0 Å². The Morgan fingerprint density at radius 3 is 2.59 bits per heavy atom. The Kier molecular flexibility index (Phi) is 4.77. The van der Waals surface area contributed by atoms with Gasteiger partial charge < -0.3 is 19.6 Å². The number of hydrogen-bond donors (Lipinski definition) is 2. The smallest absolute Gasteiger partial charge is 0.325 e. The third kappa shape index (κ3) is 4.08. The number of halogens is 1. The molecule has 0 bridgehead atoms. The fourth-order valence-corrected chi connectivity index (χ4v) is 1.59. The molecular weight excluding hydrogens is 293 g/mol. The van der Waals surface area contributed by atoms with Crippen molar-refractivity contribution in [1.82, 2.24) is 5.32 Å². The molecule has 6 nitrogen and oxygen atoms in total. The third-order valence-electron chi connectivity index (χ3n) is 2.80. The maximum absolute atomic E-state index is 12.7. The van der Waals surface area contributed by atoms with Crippen molar-refractivity contribution < 1.29 is 28.2 Å². The van der Waals surface area contributed by atoms with E-state index in [1.54, 1.807) is 6.07 Å². The number of aliphatic carboxylic acids is 1. The molecule has 0 aliphatic carbocycles. The lowest BCUT2D eigenvalue weighted by Crippen LogP contribution is -2.38. The van der Waals surface area contributed by atoms with E-state index in [9.17, 15) is 14.0 Å². The summed E-state index contributed by atoms with van der Waals surface area (Å²) in [7, 11) is 0. The van der Waals surface area contributed by atoms with Gasteiger partial charge in [0.25, 0.3) is 5.91 Å². The van der Waals surface area contributed by atoms with Crippen molar-refractivity contribution in [2.75, 3.05) is 0 Å². The van der Waals surface area contributed by atoms with Crippen LogP contribution in [0.4, 0.5) is 4.39 Å². The highest BCUT2D eigenvalue weighted by Crippen LogP contribution is 2.15. The molecule has 2 N–H and O–H groups in total. The van der Waals surface area contributed by atoms with Gasteiger partial charge in [0.15, 0.2) is 5.76 Å². The summed E-state index contributed by atoms with van der Waals surface area (Å²) >= 11 is 0. The van der Waals surface area contributed by atoms with Crippen LogP contribution in [0.3, 0.4) is 0 Å². The molecule has 0 spiro atoms. The van der Waals surface area contributed by atoms with Crippen LogP contribution in [-0.4, -0.2) is 23.0 Å². The largest absolute Gasteiger partial charge is 0.486 e. The predicted octanol–water partition coefficient (Wildman–Crippen LogP) is 2.20. The van der Waals surface area contributed by atoms with Crippen molar-refractivity contribution in [2.24, 2.45) is 0 Å². The highest BCUT2D eigenvalue weighted by Gasteiger charge is 2.18. The molecule has 116 valence electrons. The van der Waals surface area contributed by atoms with Crippen LogP contribution in [0, 0.1) is 5.82 Å². The van der Waals surface area contributed by atoms with Crippen LogP contribution in [0.25, 0.3) is 0 Å². The SMILES string of the molecule is CC(NC(=O)c1ccc(COc2ccc(F)cc2)o1)C(=O)O. The monoisotopic (exact) mass is 307 g/mol. The summed E-state index contributed by atoms with van der Waals surface area (Å²) in [5.74, 6) is -1.29. The van der Waals surface area contributed by atoms with Crippen LogP contribution in [-0.2, 0) is 11.4 Å². The Bertz CT molecular complexity index is 665. The summed E-state index contributed by atoms with van der Waals surface area (Å²) in [6, 6.07) is 7.43. The van der Waals surface area contributed by atoms with Crippen LogP contribution in [0.1, 0.15) is 23.2 Å². The lowest BCUT2D eigenvalue weighted by molar-refractivity contribution is -0.138. The normalized spacial score (nSPS) is 11.7. The topological polar surface area (TPSA) is 88.8 Å². The molecule has 0 saturated carbocycles. The molecule has 2 aromatic rings. The van der Waals surface area contributed by atoms with E-state index in [0.29, 0.717) is 11.5 Å². The standard InChI is InChI=1S/C15H14FNO5/c1-9(15(19)20)17-14(18)13-7-6-12(22-13)8-21-11-4-2-10(16)3-5-11/h2-7,9H,8H2,1H3,(H,17,18)(H,19,20). The van der Waals surface area contributed by atoms with E-state index in [1.807, 2.05) is 0 Å². The van der Waals surface area contributed by atoms with Crippen molar-refractivity contribution in [3.05, 3.63) is 53.7 Å². The highest BCUT2D eigenvalue weighted by atomic mass is 19.1. The molecule has 0 fully saturated rings. The van der Waals surface area contributed by atoms with Gasteiger partial charge in [-0.1, -0.05) is 0 Å². The fraction of sp³-hybridized carbons (Fsp3) is 0.200. The summed E-state index contributed by atoms with van der Waals surface area (Å²) in [5.41, 5.74) is 0. The van der Waals surface area contributed by atoms with Crippen molar-refractivity contribution in [1.29, 1.82) is 0 Å². The highest BCUT2D eigenvalue weighted by molar-refractivity contribution is 5.94. The number of nitrogens with one attached hydrogen (secondary N) is 1. The number of carboxylic acid groups (broad SMARTS) is 1. The fourth-order valence-electron chi connectivity index (χ4n) is 1.59. The molecule has 1 heterocycles. The molecule has 0 aliphatic heterocycles. The first-order valence-electron chi connectivity index (χ1n) is 6.46. The van der Waals surface area contributed by atoms with E-state index in [0.717, 1.165) is 0 Å². The summed E-state index contributed by atoms with van der Waals surface area (Å²) in [5, 5.41) is 11.0. The van der Waals surface area contributed by atoms with Gasteiger partial charge in [0.05, 0.1) is 0 Å². The molecule has 7 heteroatoms. The van der Waals surface area contributed by atoms with E-state index in [1.165, 1.54) is 37.3 Å². The second kappa shape index (κ2) is 6.75. The number of hydrogen-bond acceptors (Lipinski definition) is 4. The van der Waals surface area contributed by atoms with Gasteiger partial charge >= 0.3 is 5.97 Å². The first-order valence-corrected chi connectivity index (χ1v) is 6.46. The number of carbonyl (C=O) groups is 2. The van der Waals surface area contributed by atoms with Crippen LogP contribution in [0.15, 0.2) is 40.8 Å². The maximum Gasteiger partial charge on any atom is 0.325 e. The average Bonchev–Trinajstić information content (AvgIpc) is 2.95. The summed E-state index contributed by atoms with van der Waals surface area (Å²) in [6.07, 6.45) is 0. The number of benzene rings is 1. The zero-order valence-electron chi connectivity index (χ0n) is 11.7. The van der Waals surface area contributed by atoms with E-state index >= 15 is 0 Å². The van der Waals surface area contributed by atoms with Crippen LogP contribution in [0.2, 0.25) is 0 Å². The Morgan fingerprint density at radius 1 is 1.27 bits per heavy atom. The Balaban J connectivity index is 1.92. The number of ether oxygens (including phenoxy) is 1. The van der Waals surface area contributed by atoms with Crippen molar-refractivity contribution in [3.63, 3.8) is 0 Å². The number of carboxylic acids is 1. The van der Waals surface area contributed by atoms with E-state index in [-0.39, 0.29) is 18.2 Å². The lowest BCUT2D eigenvalue weighted by Gasteiger charge is -2.07. The first-order chi connectivity index (χ1) is 10.5. The minimum atomic E-state index is -1.14. The van der Waals surface area contributed by atoms with Gasteiger partial charge in [-0.05, 0) is 43.3 Å². The molecule has 1 aromatic heterocycles. The number of rotatable bonds is 6. The van der Waals surface area contributed by atoms with Gasteiger partial charge in [0.1, 0.15) is 30.0 Å². The van der Waals surface area contributed by atoms with Gasteiger partial charge in [0.2, 0.25) is 0 Å². The molecule has 1 atom stereocenters. The minimum Gasteiger partial charge on any atom is -0.486 e. The molecule has 1 unspecified atom stereocenters. The lowest BCUT2D eigenvalue weighted by atomic mass is 10.3. The Morgan fingerprint density at radius 2 is 1.95 bits per heavy atom. The van der Waals surface area contributed by atoms with E-state index in [4.69, 9.17) is 14.3 Å². The molecule has 22 heavy (non-hydrogen) atoms. The predicted molar refractivity (Wildman–Crippen MR) is 74.0 cm³/mol. The summed E-state index contributed by atoms with van der Waals surface area (Å²) < 4.78 is 23.4. The van der Waals surface area contributed by atoms with Crippen molar-refractivity contribution >= 4 is 11.9 Å². The van der Waals surface area contributed by atoms with E-state index < -0.39 is 17.9 Å².